The highest BCUT2D eigenvalue weighted by Crippen LogP contribution is 2.31. The quantitative estimate of drug-likeness (QED) is 0.218. The van der Waals surface area contributed by atoms with Gasteiger partial charge < -0.3 is 10.0 Å². The fraction of sp³-hybridized carbons (Fsp3) is 0.476. The van der Waals surface area contributed by atoms with Crippen LogP contribution in [0.5, 0.6) is 0 Å². The Kier molecular flexibility index (Phi) is 18.2. The zero-order chi connectivity index (χ0) is 36.7. The molecule has 260 valence electrons. The second-order valence-electron chi connectivity index (χ2n) is 14.1. The molecule has 3 rings (SSSR count). The number of amides is 1. The van der Waals surface area contributed by atoms with Crippen LogP contribution in [0.2, 0.25) is 0 Å². The predicted octanol–water partition coefficient (Wildman–Crippen LogP) is 12.1. The van der Waals surface area contributed by atoms with Gasteiger partial charge in [0.25, 0.3) is 5.91 Å². The topological polar surface area (TPSA) is 53.4 Å². The van der Waals surface area contributed by atoms with Gasteiger partial charge in [0.1, 0.15) is 17.3 Å². The van der Waals surface area contributed by atoms with E-state index >= 15 is 0 Å². The highest BCUT2D eigenvalue weighted by molar-refractivity contribution is 5.96. The van der Waals surface area contributed by atoms with E-state index in [9.17, 15) is 9.18 Å². The number of aliphatic hydroxyl groups is 1. The van der Waals surface area contributed by atoms with E-state index < -0.39 is 0 Å². The van der Waals surface area contributed by atoms with Crippen molar-refractivity contribution in [3.8, 4) is 0 Å². The maximum Gasteiger partial charge on any atom is 0.250 e. The fourth-order valence-electron chi connectivity index (χ4n) is 4.42. The molecule has 0 bridgehead atoms. The first-order valence-corrected chi connectivity index (χ1v) is 16.9. The highest BCUT2D eigenvalue weighted by Gasteiger charge is 2.31. The fourth-order valence-corrected chi connectivity index (χ4v) is 4.42. The molecular formula is C42H63FN2O2. The molecule has 1 aromatic carbocycles. The van der Waals surface area contributed by atoms with Crippen molar-refractivity contribution in [2.75, 3.05) is 6.54 Å². The molecule has 1 amide bonds. The van der Waals surface area contributed by atoms with Gasteiger partial charge in [-0.05, 0) is 117 Å². The number of hydrogen-bond donors (Lipinski definition) is 1. The minimum Gasteiger partial charge on any atom is -0.506 e. The van der Waals surface area contributed by atoms with Crippen LogP contribution < -0.4 is 0 Å². The number of pyridine rings is 1. The van der Waals surface area contributed by atoms with Gasteiger partial charge in [-0.2, -0.15) is 0 Å². The molecule has 0 aliphatic heterocycles. The lowest BCUT2D eigenvalue weighted by Gasteiger charge is -2.38. The van der Waals surface area contributed by atoms with Crippen LogP contribution in [0.15, 0.2) is 78.4 Å². The van der Waals surface area contributed by atoms with Gasteiger partial charge in [-0.25, -0.2) is 9.37 Å². The number of rotatable bonds is 9. The summed E-state index contributed by atoms with van der Waals surface area (Å²) in [5.74, 6) is -0.0740. The van der Waals surface area contributed by atoms with E-state index in [4.69, 9.17) is 5.11 Å². The molecule has 0 unspecified atom stereocenters. The summed E-state index contributed by atoms with van der Waals surface area (Å²) >= 11 is 0. The summed E-state index contributed by atoms with van der Waals surface area (Å²) in [7, 11) is 0. The van der Waals surface area contributed by atoms with Gasteiger partial charge in [-0.1, -0.05) is 92.8 Å². The number of carbonyl (C=O) groups excluding carboxylic acids is 1. The number of carbonyl (C=O) groups is 1. The Morgan fingerprint density at radius 3 is 2.04 bits per heavy atom. The van der Waals surface area contributed by atoms with Crippen LogP contribution in [0.1, 0.15) is 124 Å². The molecule has 4 nitrogen and oxygen atoms in total. The first-order chi connectivity index (χ1) is 21.7. The van der Waals surface area contributed by atoms with Crippen molar-refractivity contribution in [2.24, 2.45) is 5.41 Å². The normalized spacial score (nSPS) is 12.6. The van der Waals surface area contributed by atoms with Crippen molar-refractivity contribution in [1.82, 2.24) is 9.88 Å². The third kappa shape index (κ3) is 15.6. The van der Waals surface area contributed by atoms with Gasteiger partial charge in [-0.3, -0.25) is 4.79 Å². The van der Waals surface area contributed by atoms with Gasteiger partial charge in [0.05, 0.1) is 0 Å². The Balaban J connectivity index is 0.000000961. The van der Waals surface area contributed by atoms with Gasteiger partial charge >= 0.3 is 0 Å². The van der Waals surface area contributed by atoms with Crippen LogP contribution in [0.3, 0.4) is 0 Å². The summed E-state index contributed by atoms with van der Waals surface area (Å²) in [5, 5.41) is 9.02. The second-order valence-corrected chi connectivity index (χ2v) is 14.1. The van der Waals surface area contributed by atoms with Gasteiger partial charge in [0, 0.05) is 29.8 Å². The first-order valence-electron chi connectivity index (χ1n) is 16.9. The van der Waals surface area contributed by atoms with Gasteiger partial charge in [0.15, 0.2) is 0 Å². The molecule has 0 fully saturated rings. The van der Waals surface area contributed by atoms with Crippen molar-refractivity contribution >= 4 is 17.2 Å². The van der Waals surface area contributed by atoms with Crippen LogP contribution >= 0.6 is 0 Å². The van der Waals surface area contributed by atoms with E-state index in [2.05, 4.69) is 73.5 Å². The molecule has 1 aliphatic carbocycles. The summed E-state index contributed by atoms with van der Waals surface area (Å²) in [5.41, 5.74) is 8.06. The van der Waals surface area contributed by atoms with Crippen molar-refractivity contribution in [3.63, 3.8) is 0 Å². The molecule has 1 heterocycles. The van der Waals surface area contributed by atoms with Crippen molar-refractivity contribution in [1.29, 1.82) is 0 Å². The Morgan fingerprint density at radius 2 is 1.57 bits per heavy atom. The molecule has 0 saturated heterocycles. The summed E-state index contributed by atoms with van der Waals surface area (Å²) in [4.78, 5) is 19.3. The summed E-state index contributed by atoms with van der Waals surface area (Å²) in [6.07, 6.45) is 8.39. The smallest absolute Gasteiger partial charge is 0.250 e. The first kappa shape index (κ1) is 43.3. The number of halogens is 1. The van der Waals surface area contributed by atoms with E-state index in [0.29, 0.717) is 23.1 Å². The summed E-state index contributed by atoms with van der Waals surface area (Å²) in [6.45, 7) is 37.1. The van der Waals surface area contributed by atoms with E-state index in [1.54, 1.807) is 19.1 Å². The van der Waals surface area contributed by atoms with Crippen LogP contribution in [0.4, 0.5) is 4.39 Å². The van der Waals surface area contributed by atoms with Crippen molar-refractivity contribution < 1.29 is 14.3 Å². The molecule has 1 N–H and O–H groups in total. The lowest BCUT2D eigenvalue weighted by atomic mass is 9.97. The molecule has 0 atom stereocenters. The monoisotopic (exact) mass is 646 g/mol. The number of benzene rings is 1. The van der Waals surface area contributed by atoms with Crippen LogP contribution in [-0.4, -0.2) is 33.0 Å². The Morgan fingerprint density at radius 1 is 1.00 bits per heavy atom. The van der Waals surface area contributed by atoms with Crippen LogP contribution in [0, 0.1) is 32.0 Å². The second kappa shape index (κ2) is 19.8. The molecule has 1 aliphatic rings. The number of allylic oxidation sites excluding steroid dienone is 6. The molecule has 47 heavy (non-hydrogen) atoms. The predicted molar refractivity (Wildman–Crippen MR) is 203 cm³/mol. The van der Waals surface area contributed by atoms with Crippen molar-refractivity contribution in [3.05, 3.63) is 112 Å². The van der Waals surface area contributed by atoms with E-state index in [1.165, 1.54) is 6.07 Å². The SMILES string of the molecule is C=C(/C=C\C1=C(C)C=C(C(=O)N(CCC)C(C)(C)CC)C1)c1ccc(C)c(F)c1.C=C(O)c1cc(C)cc(C)n1.CC.CC(C)(C)C. The largest absolute Gasteiger partial charge is 0.506 e. The molecule has 5 heteroatoms. The van der Waals surface area contributed by atoms with E-state index in [-0.39, 0.29) is 23.0 Å². The molecule has 0 saturated carbocycles. The minimum absolute atomic E-state index is 0.0248. The average molecular weight is 647 g/mol. The number of aromatic nitrogens is 1. The number of aliphatic hydroxyl groups excluding tert-OH is 1. The third-order valence-corrected chi connectivity index (χ3v) is 7.26. The molecule has 1 aromatic heterocycles. The Bertz CT molecular complexity index is 1430. The zero-order valence-corrected chi connectivity index (χ0v) is 32.0. The van der Waals surface area contributed by atoms with Crippen LogP contribution in [0.25, 0.3) is 11.3 Å². The van der Waals surface area contributed by atoms with Gasteiger partial charge in [-0.15, -0.1) is 0 Å². The third-order valence-electron chi connectivity index (χ3n) is 7.26. The zero-order valence-electron chi connectivity index (χ0n) is 32.0. The Labute approximate surface area is 286 Å². The Hall–Kier alpha value is -3.73. The summed E-state index contributed by atoms with van der Waals surface area (Å²) in [6, 6.07) is 8.91. The average Bonchev–Trinajstić information content (AvgIpc) is 3.35. The molecular weight excluding hydrogens is 583 g/mol. The number of aryl methyl sites for hydroxylation is 3. The lowest BCUT2D eigenvalue weighted by Crippen LogP contribution is -2.48. The highest BCUT2D eigenvalue weighted by atomic mass is 19.1. The lowest BCUT2D eigenvalue weighted by molar-refractivity contribution is -0.132. The van der Waals surface area contributed by atoms with E-state index in [0.717, 1.165) is 58.5 Å². The van der Waals surface area contributed by atoms with Crippen molar-refractivity contribution in [2.45, 2.75) is 122 Å². The maximum absolute atomic E-state index is 13.8. The summed E-state index contributed by atoms with van der Waals surface area (Å²) < 4.78 is 13.8. The van der Waals surface area contributed by atoms with Crippen LogP contribution in [-0.2, 0) is 4.79 Å². The molecule has 2 aromatic rings. The number of nitrogens with zero attached hydrogens (tertiary/aromatic N) is 2. The number of hydrogen-bond acceptors (Lipinski definition) is 3. The minimum atomic E-state index is -0.225. The molecule has 0 spiro atoms. The maximum atomic E-state index is 13.8. The van der Waals surface area contributed by atoms with Gasteiger partial charge in [0.2, 0.25) is 0 Å². The molecule has 0 radical (unpaired) electrons. The standard InChI is InChI=1S/C26H34FNO.C9H11NO.C5H12.C2H6/c1-8-14-28(26(6,7)9-2)25(29)23-15-20(5)21(16-23)12-10-18(3)22-13-11-19(4)24(27)17-22;1-6-4-7(2)10-9(5-6)8(3)11;1-5(2,3)4;1-2/h10-13,15,17H,3,8-9,14,16H2,1-2,4-7H3;4-5,11H,3H2,1-2H3;1-4H3;1-2H3/b12-10-;;;. The van der Waals surface area contributed by atoms with E-state index in [1.807, 2.05) is 69.9 Å².